The first kappa shape index (κ1) is 13.6. The van der Waals surface area contributed by atoms with Crippen LogP contribution >= 0.6 is 0 Å². The fourth-order valence-electron chi connectivity index (χ4n) is 2.68. The van der Waals surface area contributed by atoms with Crippen molar-refractivity contribution in [1.29, 1.82) is 0 Å². The normalized spacial score (nSPS) is 23.1. The summed E-state index contributed by atoms with van der Waals surface area (Å²) in [5.74, 6) is -1.28. The Morgan fingerprint density at radius 3 is 2.53 bits per heavy atom. The van der Waals surface area contributed by atoms with Crippen molar-refractivity contribution in [2.24, 2.45) is 11.8 Å². The number of likely N-dealkylation sites (tertiary alicyclic amines) is 1. The molecule has 4 nitrogen and oxygen atoms in total. The predicted octanol–water partition coefficient (Wildman–Crippen LogP) is 2.32. The molecule has 0 bridgehead atoms. The second-order valence-corrected chi connectivity index (χ2v) is 5.44. The van der Waals surface area contributed by atoms with Gasteiger partial charge in [-0.2, -0.15) is 0 Å². The van der Waals surface area contributed by atoms with E-state index in [0.29, 0.717) is 12.5 Å². The topological polar surface area (TPSA) is 57.6 Å². The minimum Gasteiger partial charge on any atom is -0.481 e. The lowest BCUT2D eigenvalue weighted by Crippen LogP contribution is -2.33. The van der Waals surface area contributed by atoms with Gasteiger partial charge in [-0.15, -0.1) is 0 Å². The van der Waals surface area contributed by atoms with E-state index >= 15 is 0 Å². The van der Waals surface area contributed by atoms with E-state index in [1.54, 1.807) is 4.90 Å². The fraction of sp³-hybridized carbons (Fsp3) is 0.467. The van der Waals surface area contributed by atoms with Gasteiger partial charge in [0.1, 0.15) is 0 Å². The van der Waals surface area contributed by atoms with E-state index in [0.717, 1.165) is 5.56 Å². The molecule has 0 radical (unpaired) electrons. The van der Waals surface area contributed by atoms with Crippen LogP contribution in [0.3, 0.4) is 0 Å². The lowest BCUT2D eigenvalue weighted by Gasteiger charge is -2.28. The number of carboxylic acid groups (broad SMARTS) is 1. The molecule has 1 heterocycles. The maximum Gasteiger partial charge on any atom is 0.309 e. The Balaban J connectivity index is 2.36. The van der Waals surface area contributed by atoms with Crippen LogP contribution in [0.4, 0.5) is 0 Å². The second-order valence-electron chi connectivity index (χ2n) is 5.44. The van der Waals surface area contributed by atoms with Crippen LogP contribution in [-0.2, 0) is 9.59 Å². The van der Waals surface area contributed by atoms with E-state index in [4.69, 9.17) is 0 Å². The molecule has 2 rings (SSSR count). The summed E-state index contributed by atoms with van der Waals surface area (Å²) in [5.41, 5.74) is 0.904. The van der Waals surface area contributed by atoms with Gasteiger partial charge in [0.25, 0.3) is 0 Å². The molecule has 2 atom stereocenters. The Morgan fingerprint density at radius 1 is 1.37 bits per heavy atom. The number of hydrogen-bond donors (Lipinski definition) is 1. The van der Waals surface area contributed by atoms with E-state index in [9.17, 15) is 14.7 Å². The van der Waals surface area contributed by atoms with Gasteiger partial charge in [-0.1, -0.05) is 44.2 Å². The van der Waals surface area contributed by atoms with Gasteiger partial charge in [0.2, 0.25) is 5.91 Å². The Labute approximate surface area is 113 Å². The number of hydrogen-bond acceptors (Lipinski definition) is 2. The standard InChI is InChI=1S/C15H19NO3/c1-10(2)9-16-13(17)8-12(15(18)19)14(16)11-6-4-3-5-7-11/h3-7,10,12,14H,8-9H2,1-2H3,(H,18,19)/t12-,14+/m0/s1. The minimum atomic E-state index is -0.895. The molecule has 1 aliphatic heterocycles. The Bertz CT molecular complexity index is 470. The molecule has 0 spiro atoms. The van der Waals surface area contributed by atoms with E-state index < -0.39 is 11.9 Å². The first-order valence-electron chi connectivity index (χ1n) is 6.58. The van der Waals surface area contributed by atoms with Crippen LogP contribution in [0.25, 0.3) is 0 Å². The van der Waals surface area contributed by atoms with Crippen molar-refractivity contribution in [3.05, 3.63) is 35.9 Å². The quantitative estimate of drug-likeness (QED) is 0.905. The van der Waals surface area contributed by atoms with E-state index in [2.05, 4.69) is 0 Å². The number of nitrogens with zero attached hydrogens (tertiary/aromatic N) is 1. The Kier molecular flexibility index (Phi) is 3.88. The summed E-state index contributed by atoms with van der Waals surface area (Å²) in [6.45, 7) is 4.66. The molecule has 0 aromatic heterocycles. The number of aliphatic carboxylic acids is 1. The summed E-state index contributed by atoms with van der Waals surface area (Å²) in [7, 11) is 0. The summed E-state index contributed by atoms with van der Waals surface area (Å²) in [6.07, 6.45) is 0.0988. The first-order chi connectivity index (χ1) is 9.00. The fourth-order valence-corrected chi connectivity index (χ4v) is 2.68. The van der Waals surface area contributed by atoms with Crippen molar-refractivity contribution in [3.63, 3.8) is 0 Å². The van der Waals surface area contributed by atoms with Crippen LogP contribution in [0, 0.1) is 11.8 Å². The van der Waals surface area contributed by atoms with Crippen molar-refractivity contribution in [2.75, 3.05) is 6.54 Å². The maximum absolute atomic E-state index is 12.1. The van der Waals surface area contributed by atoms with E-state index in [1.807, 2.05) is 44.2 Å². The summed E-state index contributed by atoms with van der Waals surface area (Å²) < 4.78 is 0. The third-order valence-corrected chi connectivity index (χ3v) is 3.45. The lowest BCUT2D eigenvalue weighted by atomic mass is 9.93. The molecule has 1 N–H and O–H groups in total. The van der Waals surface area contributed by atoms with Crippen molar-refractivity contribution in [1.82, 2.24) is 4.90 Å². The van der Waals surface area contributed by atoms with Crippen LogP contribution in [-0.4, -0.2) is 28.4 Å². The van der Waals surface area contributed by atoms with Crippen LogP contribution in [0.1, 0.15) is 31.9 Å². The summed E-state index contributed by atoms with van der Waals surface area (Å²) in [6, 6.07) is 9.10. The zero-order chi connectivity index (χ0) is 14.0. The molecule has 1 aromatic carbocycles. The lowest BCUT2D eigenvalue weighted by molar-refractivity contribution is -0.142. The third-order valence-electron chi connectivity index (χ3n) is 3.45. The molecule has 1 saturated heterocycles. The van der Waals surface area contributed by atoms with Crippen molar-refractivity contribution >= 4 is 11.9 Å². The average molecular weight is 261 g/mol. The van der Waals surface area contributed by atoms with Gasteiger partial charge in [-0.05, 0) is 11.5 Å². The summed E-state index contributed by atoms with van der Waals surface area (Å²) >= 11 is 0. The third kappa shape index (κ3) is 2.78. The number of rotatable bonds is 4. The van der Waals surface area contributed by atoms with Crippen LogP contribution < -0.4 is 0 Å². The van der Waals surface area contributed by atoms with Crippen LogP contribution in [0.5, 0.6) is 0 Å². The maximum atomic E-state index is 12.1. The largest absolute Gasteiger partial charge is 0.481 e. The Morgan fingerprint density at radius 2 is 2.00 bits per heavy atom. The van der Waals surface area contributed by atoms with Gasteiger partial charge in [-0.25, -0.2) is 0 Å². The number of carbonyl (C=O) groups excluding carboxylic acids is 1. The molecule has 1 fully saturated rings. The number of carbonyl (C=O) groups is 2. The number of benzene rings is 1. The van der Waals surface area contributed by atoms with Gasteiger partial charge in [0, 0.05) is 13.0 Å². The van der Waals surface area contributed by atoms with Gasteiger partial charge in [-0.3, -0.25) is 9.59 Å². The molecule has 0 unspecified atom stereocenters. The molecule has 1 aromatic rings. The summed E-state index contributed by atoms with van der Waals surface area (Å²) in [5, 5.41) is 9.34. The molecule has 0 saturated carbocycles. The molecule has 4 heteroatoms. The van der Waals surface area contributed by atoms with Crippen molar-refractivity contribution in [2.45, 2.75) is 26.3 Å². The molecular formula is C15H19NO3. The van der Waals surface area contributed by atoms with Crippen LogP contribution in [0.15, 0.2) is 30.3 Å². The van der Waals surface area contributed by atoms with Gasteiger partial charge in [0.05, 0.1) is 12.0 Å². The van der Waals surface area contributed by atoms with E-state index in [-0.39, 0.29) is 18.4 Å². The highest BCUT2D eigenvalue weighted by Gasteiger charge is 2.44. The predicted molar refractivity (Wildman–Crippen MR) is 71.5 cm³/mol. The molecular weight excluding hydrogens is 242 g/mol. The van der Waals surface area contributed by atoms with Crippen molar-refractivity contribution < 1.29 is 14.7 Å². The molecule has 1 amide bonds. The second kappa shape index (κ2) is 5.43. The molecule has 102 valence electrons. The van der Waals surface area contributed by atoms with Crippen LogP contribution in [0.2, 0.25) is 0 Å². The SMILES string of the molecule is CC(C)CN1C(=O)C[C@H](C(=O)O)[C@H]1c1ccccc1. The summed E-state index contributed by atoms with van der Waals surface area (Å²) in [4.78, 5) is 25.2. The monoisotopic (exact) mass is 261 g/mol. The highest BCUT2D eigenvalue weighted by molar-refractivity contribution is 5.87. The highest BCUT2D eigenvalue weighted by Crippen LogP contribution is 2.38. The smallest absolute Gasteiger partial charge is 0.309 e. The highest BCUT2D eigenvalue weighted by atomic mass is 16.4. The number of carboxylic acids is 1. The zero-order valence-electron chi connectivity index (χ0n) is 11.2. The molecule has 19 heavy (non-hydrogen) atoms. The molecule has 1 aliphatic rings. The zero-order valence-corrected chi connectivity index (χ0v) is 11.2. The van der Waals surface area contributed by atoms with Gasteiger partial charge in [0.15, 0.2) is 0 Å². The minimum absolute atomic E-state index is 0.0602. The molecule has 0 aliphatic carbocycles. The first-order valence-corrected chi connectivity index (χ1v) is 6.58. The van der Waals surface area contributed by atoms with E-state index in [1.165, 1.54) is 0 Å². The van der Waals surface area contributed by atoms with Gasteiger partial charge >= 0.3 is 5.97 Å². The average Bonchev–Trinajstić information content (AvgIpc) is 2.68. The number of amides is 1. The Hall–Kier alpha value is -1.84. The van der Waals surface area contributed by atoms with Gasteiger partial charge < -0.3 is 10.0 Å². The van der Waals surface area contributed by atoms with Crippen molar-refractivity contribution in [3.8, 4) is 0 Å².